The Hall–Kier alpha value is -1.58. The lowest BCUT2D eigenvalue weighted by Gasteiger charge is -2.26. The molecule has 1 atom stereocenters. The number of rotatable bonds is 3. The van der Waals surface area contributed by atoms with Gasteiger partial charge in [-0.25, -0.2) is 13.1 Å². The number of nitrogens with one attached hydrogen (secondary N) is 1. The molecule has 25 heavy (non-hydrogen) atoms. The van der Waals surface area contributed by atoms with Crippen molar-refractivity contribution in [2.24, 2.45) is 0 Å². The molecule has 0 spiro atoms. The van der Waals surface area contributed by atoms with Crippen molar-refractivity contribution >= 4 is 26.0 Å². The predicted octanol–water partition coefficient (Wildman–Crippen LogP) is 3.75. The maximum atomic E-state index is 13.2. The summed E-state index contributed by atoms with van der Waals surface area (Å²) in [5, 5.41) is 0. The van der Waals surface area contributed by atoms with E-state index >= 15 is 0 Å². The van der Waals surface area contributed by atoms with E-state index < -0.39 is 32.7 Å². The second-order valence-corrected chi connectivity index (χ2v) is 8.18. The van der Waals surface area contributed by atoms with Gasteiger partial charge in [0.25, 0.3) is 0 Å². The number of sulfonamides is 1. The van der Waals surface area contributed by atoms with Crippen LogP contribution in [-0.2, 0) is 22.6 Å². The molecular weight excluding hydrogens is 423 g/mol. The number of benzene rings is 2. The summed E-state index contributed by atoms with van der Waals surface area (Å²) in [6.45, 7) is 0.0497. The van der Waals surface area contributed by atoms with Gasteiger partial charge in [0.15, 0.2) is 0 Å². The van der Waals surface area contributed by atoms with Crippen molar-refractivity contribution in [3.63, 3.8) is 0 Å². The Morgan fingerprint density at radius 3 is 2.60 bits per heavy atom. The fourth-order valence-electron chi connectivity index (χ4n) is 2.64. The molecular formula is C16H13BrF3NO3S. The van der Waals surface area contributed by atoms with Gasteiger partial charge < -0.3 is 4.74 Å². The fourth-order valence-corrected chi connectivity index (χ4v) is 4.43. The van der Waals surface area contributed by atoms with Gasteiger partial charge in [-0.05, 0) is 36.2 Å². The molecule has 0 radical (unpaired) electrons. The van der Waals surface area contributed by atoms with Crippen molar-refractivity contribution in [1.29, 1.82) is 0 Å². The molecule has 0 saturated heterocycles. The first-order valence-electron chi connectivity index (χ1n) is 7.26. The lowest BCUT2D eigenvalue weighted by atomic mass is 10.0. The SMILES string of the molecule is O=S(=O)(N[C@H]1COc2ccccc2C1)c1ccc(Br)cc1C(F)(F)F. The third-order valence-corrected chi connectivity index (χ3v) is 5.81. The van der Waals surface area contributed by atoms with Gasteiger partial charge in [0, 0.05) is 4.47 Å². The molecule has 1 N–H and O–H groups in total. The standard InChI is InChI=1S/C16H13BrF3NO3S/c17-11-5-6-15(13(8-11)16(18,19)20)25(22,23)21-12-7-10-3-1-2-4-14(10)24-9-12/h1-6,8,12,21H,7,9H2/t12-/m1/s1. The van der Waals surface area contributed by atoms with Crippen molar-refractivity contribution in [2.75, 3.05) is 6.61 Å². The highest BCUT2D eigenvalue weighted by molar-refractivity contribution is 9.10. The van der Waals surface area contributed by atoms with Crippen LogP contribution >= 0.6 is 15.9 Å². The van der Waals surface area contributed by atoms with Crippen molar-refractivity contribution in [1.82, 2.24) is 4.72 Å². The minimum absolute atomic E-state index is 0.0497. The zero-order chi connectivity index (χ0) is 18.2. The molecule has 0 bridgehead atoms. The minimum Gasteiger partial charge on any atom is -0.492 e. The van der Waals surface area contributed by atoms with E-state index in [0.717, 1.165) is 17.7 Å². The van der Waals surface area contributed by atoms with Gasteiger partial charge in [0.2, 0.25) is 10.0 Å². The first kappa shape index (κ1) is 18.2. The molecule has 0 saturated carbocycles. The van der Waals surface area contributed by atoms with Crippen molar-refractivity contribution in [2.45, 2.75) is 23.5 Å². The Balaban J connectivity index is 1.89. The van der Waals surface area contributed by atoms with E-state index in [-0.39, 0.29) is 11.1 Å². The summed E-state index contributed by atoms with van der Waals surface area (Å²) in [5.41, 5.74) is -0.417. The molecule has 0 fully saturated rings. The van der Waals surface area contributed by atoms with E-state index in [2.05, 4.69) is 20.7 Å². The summed E-state index contributed by atoms with van der Waals surface area (Å²) in [7, 11) is -4.36. The number of hydrogen-bond acceptors (Lipinski definition) is 3. The lowest BCUT2D eigenvalue weighted by molar-refractivity contribution is -0.139. The third-order valence-electron chi connectivity index (χ3n) is 3.74. The molecule has 2 aromatic carbocycles. The Morgan fingerprint density at radius 1 is 1.16 bits per heavy atom. The molecule has 0 aliphatic carbocycles. The molecule has 1 aliphatic rings. The summed E-state index contributed by atoms with van der Waals surface area (Å²) in [5.74, 6) is 0.651. The zero-order valence-corrected chi connectivity index (χ0v) is 15.1. The molecule has 1 aliphatic heterocycles. The lowest BCUT2D eigenvalue weighted by Crippen LogP contribution is -2.43. The largest absolute Gasteiger partial charge is 0.492 e. The molecule has 0 unspecified atom stereocenters. The van der Waals surface area contributed by atoms with E-state index in [9.17, 15) is 21.6 Å². The minimum atomic E-state index is -4.79. The zero-order valence-electron chi connectivity index (χ0n) is 12.7. The molecule has 2 aromatic rings. The fraction of sp³-hybridized carbons (Fsp3) is 0.250. The number of hydrogen-bond donors (Lipinski definition) is 1. The highest BCUT2D eigenvalue weighted by Crippen LogP contribution is 2.36. The van der Waals surface area contributed by atoms with Crippen LogP contribution in [0.4, 0.5) is 13.2 Å². The molecule has 9 heteroatoms. The van der Waals surface area contributed by atoms with Crippen molar-refractivity contribution in [3.8, 4) is 5.75 Å². The number of ether oxygens (including phenoxy) is 1. The molecule has 134 valence electrons. The molecule has 3 rings (SSSR count). The number of alkyl halides is 3. The summed E-state index contributed by atoms with van der Waals surface area (Å²) in [6.07, 6.45) is -4.45. The van der Waals surface area contributed by atoms with Crippen LogP contribution in [-0.4, -0.2) is 21.1 Å². The maximum Gasteiger partial charge on any atom is 0.417 e. The quantitative estimate of drug-likeness (QED) is 0.798. The normalized spacial score (nSPS) is 17.7. The van der Waals surface area contributed by atoms with Crippen LogP contribution in [0.3, 0.4) is 0 Å². The molecule has 0 amide bonds. The van der Waals surface area contributed by atoms with E-state index in [0.29, 0.717) is 12.2 Å². The Kier molecular flexibility index (Phi) is 4.82. The predicted molar refractivity (Wildman–Crippen MR) is 88.9 cm³/mol. The van der Waals surface area contributed by atoms with E-state index in [4.69, 9.17) is 4.74 Å². The highest BCUT2D eigenvalue weighted by Gasteiger charge is 2.38. The van der Waals surface area contributed by atoms with Gasteiger partial charge in [-0.2, -0.15) is 13.2 Å². The van der Waals surface area contributed by atoms with Crippen LogP contribution in [0.25, 0.3) is 0 Å². The summed E-state index contributed by atoms with van der Waals surface area (Å²) >= 11 is 2.94. The van der Waals surface area contributed by atoms with Crippen LogP contribution in [0.1, 0.15) is 11.1 Å². The van der Waals surface area contributed by atoms with Crippen LogP contribution in [0.5, 0.6) is 5.75 Å². The van der Waals surface area contributed by atoms with Gasteiger partial charge >= 0.3 is 6.18 Å². The highest BCUT2D eigenvalue weighted by atomic mass is 79.9. The molecule has 0 aromatic heterocycles. The van der Waals surface area contributed by atoms with Crippen LogP contribution in [0.2, 0.25) is 0 Å². The molecule has 4 nitrogen and oxygen atoms in total. The van der Waals surface area contributed by atoms with Gasteiger partial charge in [0.1, 0.15) is 12.4 Å². The second-order valence-electron chi connectivity index (χ2n) is 5.58. The summed E-state index contributed by atoms with van der Waals surface area (Å²) in [6, 6.07) is 9.43. The van der Waals surface area contributed by atoms with Crippen molar-refractivity contribution < 1.29 is 26.3 Å². The van der Waals surface area contributed by atoms with E-state index in [1.807, 2.05) is 0 Å². The summed E-state index contributed by atoms with van der Waals surface area (Å²) in [4.78, 5) is -0.804. The summed E-state index contributed by atoms with van der Waals surface area (Å²) < 4.78 is 72.5. The average molecular weight is 436 g/mol. The van der Waals surface area contributed by atoms with Crippen LogP contribution in [0, 0.1) is 0 Å². The van der Waals surface area contributed by atoms with Crippen LogP contribution < -0.4 is 9.46 Å². The third kappa shape index (κ3) is 3.99. The Morgan fingerprint density at radius 2 is 1.88 bits per heavy atom. The van der Waals surface area contributed by atoms with E-state index in [1.54, 1.807) is 24.3 Å². The van der Waals surface area contributed by atoms with Crippen LogP contribution in [0.15, 0.2) is 51.8 Å². The second kappa shape index (κ2) is 6.62. The average Bonchev–Trinajstić information content (AvgIpc) is 2.53. The van der Waals surface area contributed by atoms with Gasteiger partial charge in [-0.15, -0.1) is 0 Å². The first-order valence-corrected chi connectivity index (χ1v) is 9.54. The topological polar surface area (TPSA) is 55.4 Å². The Bertz CT molecular complexity index is 900. The smallest absolute Gasteiger partial charge is 0.417 e. The number of para-hydroxylation sites is 1. The molecule has 1 heterocycles. The van der Waals surface area contributed by atoms with Crippen molar-refractivity contribution in [3.05, 3.63) is 58.1 Å². The maximum absolute atomic E-state index is 13.2. The first-order chi connectivity index (χ1) is 11.7. The monoisotopic (exact) mass is 435 g/mol. The van der Waals surface area contributed by atoms with Gasteiger partial charge in [-0.3, -0.25) is 0 Å². The van der Waals surface area contributed by atoms with E-state index in [1.165, 1.54) is 6.07 Å². The van der Waals surface area contributed by atoms with Gasteiger partial charge in [-0.1, -0.05) is 34.1 Å². The van der Waals surface area contributed by atoms with Gasteiger partial charge in [0.05, 0.1) is 16.5 Å². The Labute approximate surface area is 151 Å². The number of fused-ring (bicyclic) bond motifs is 1. The number of halogens is 4.